The molecule has 0 radical (unpaired) electrons. The predicted molar refractivity (Wildman–Crippen MR) is 84.4 cm³/mol. The van der Waals surface area contributed by atoms with Crippen LogP contribution in [0, 0.1) is 24.1 Å². The van der Waals surface area contributed by atoms with Gasteiger partial charge < -0.3 is 4.90 Å². The van der Waals surface area contributed by atoms with Crippen molar-refractivity contribution in [3.8, 4) is 0 Å². The van der Waals surface area contributed by atoms with Crippen LogP contribution in [0.15, 0.2) is 24.3 Å². The smallest absolute Gasteiger partial charge is 0.260 e. The summed E-state index contributed by atoms with van der Waals surface area (Å²) in [6, 6.07) is 8.31. The number of halogens is 1. The highest BCUT2D eigenvalue weighted by Gasteiger charge is 2.27. The molecule has 7 nitrogen and oxygen atoms in total. The number of nitrogens with zero attached hydrogens (tertiary/aromatic N) is 2. The molecular weight excluding hydrogens is 360 g/mol. The van der Waals surface area contributed by atoms with Crippen LogP contribution in [0.4, 0.5) is 0 Å². The fourth-order valence-electron chi connectivity index (χ4n) is 3.41. The van der Waals surface area contributed by atoms with Crippen LogP contribution in [0.1, 0.15) is 40.9 Å². The van der Waals surface area contributed by atoms with E-state index in [2.05, 4.69) is 30.5 Å². The number of amides is 1. The van der Waals surface area contributed by atoms with Crippen LogP contribution in [-0.4, -0.2) is 23.9 Å². The number of hydrogen-bond acceptors (Lipinski definition) is 5. The molecule has 1 amide bonds. The van der Waals surface area contributed by atoms with E-state index in [0.29, 0.717) is 0 Å². The minimum absolute atomic E-state index is 0.200. The van der Waals surface area contributed by atoms with Gasteiger partial charge in [-0.1, -0.05) is 12.1 Å². The minimum Gasteiger partial charge on any atom is -0.338 e. The van der Waals surface area contributed by atoms with Gasteiger partial charge in [0.2, 0.25) is 5.52 Å². The van der Waals surface area contributed by atoms with Gasteiger partial charge in [0.25, 0.3) is 5.91 Å². The average molecular weight is 383 g/mol. The summed E-state index contributed by atoms with van der Waals surface area (Å²) < 4.78 is 36.1. The van der Waals surface area contributed by atoms with Gasteiger partial charge in [0, 0.05) is 26.1 Å². The van der Waals surface area contributed by atoms with Crippen LogP contribution < -0.4 is 23.2 Å². The minimum atomic E-state index is -4.94. The molecule has 0 saturated carbocycles. The fourth-order valence-corrected chi connectivity index (χ4v) is 3.41. The van der Waals surface area contributed by atoms with Crippen LogP contribution in [-0.2, 0) is 7.05 Å². The Morgan fingerprint density at radius 2 is 1.58 bits per heavy atom. The first kappa shape index (κ1) is 20.5. The molecule has 26 heavy (non-hydrogen) atoms. The molecule has 1 aliphatic rings. The monoisotopic (exact) mass is 382 g/mol. The Bertz CT molecular complexity index is 792. The normalized spacial score (nSPS) is 14.8. The lowest BCUT2D eigenvalue weighted by atomic mass is 9.99. The van der Waals surface area contributed by atoms with Gasteiger partial charge in [-0.05, 0) is 37.8 Å². The van der Waals surface area contributed by atoms with Crippen molar-refractivity contribution in [3.63, 3.8) is 0 Å². The molecule has 2 aromatic rings. The second-order valence-electron chi connectivity index (χ2n) is 6.39. The average Bonchev–Trinajstić information content (AvgIpc) is 2.59. The number of fused-ring (bicyclic) bond motifs is 1. The molecule has 3 rings (SSSR count). The largest absolute Gasteiger partial charge is 0.338 e. The zero-order valence-electron chi connectivity index (χ0n) is 15.2. The van der Waals surface area contributed by atoms with Crippen LogP contribution >= 0.6 is 0 Å². The van der Waals surface area contributed by atoms with Gasteiger partial charge in [-0.3, -0.25) is 4.79 Å². The standard InChI is InChI=1S/C18H23N2O.ClHO4/c1-13-15-9-5-6-10-16(15)19(3)14(2)17(13)18(21)20-11-7-4-8-12-20;2-1(3,4)5/h5-6,9-10H,4,7-8,11-12H2,1-3H3;(H,2,3,4,5)/q+1;/p-1. The Labute approximate surface area is 154 Å². The molecule has 1 saturated heterocycles. The topological polar surface area (TPSA) is 116 Å². The van der Waals surface area contributed by atoms with Crippen molar-refractivity contribution in [1.29, 1.82) is 0 Å². The maximum atomic E-state index is 12.9. The third-order valence-corrected chi connectivity index (χ3v) is 4.77. The second kappa shape index (κ2) is 8.28. The van der Waals surface area contributed by atoms with Crippen LogP contribution in [0.2, 0.25) is 0 Å². The lowest BCUT2D eigenvalue weighted by Gasteiger charge is -2.27. The van der Waals surface area contributed by atoms with Crippen molar-refractivity contribution in [2.75, 3.05) is 13.1 Å². The number of benzene rings is 1. The van der Waals surface area contributed by atoms with Crippen molar-refractivity contribution in [1.82, 2.24) is 4.90 Å². The van der Waals surface area contributed by atoms with E-state index >= 15 is 0 Å². The third-order valence-electron chi connectivity index (χ3n) is 4.77. The molecule has 142 valence electrons. The molecule has 0 N–H and O–H groups in total. The van der Waals surface area contributed by atoms with Gasteiger partial charge in [0.15, 0.2) is 5.69 Å². The Morgan fingerprint density at radius 3 is 2.15 bits per heavy atom. The second-order valence-corrected chi connectivity index (χ2v) is 7.15. The Morgan fingerprint density at radius 1 is 1.04 bits per heavy atom. The Hall–Kier alpha value is -1.77. The fraction of sp³-hybridized carbons (Fsp3) is 0.444. The lowest BCUT2D eigenvalue weighted by Crippen LogP contribution is -2.68. The third kappa shape index (κ3) is 4.90. The maximum Gasteiger partial charge on any atom is 0.260 e. The van der Waals surface area contributed by atoms with E-state index in [1.54, 1.807) is 0 Å². The van der Waals surface area contributed by atoms with Crippen LogP contribution in [0.25, 0.3) is 10.9 Å². The first-order valence-electron chi connectivity index (χ1n) is 8.40. The summed E-state index contributed by atoms with van der Waals surface area (Å²) in [7, 11) is -2.90. The molecule has 0 atom stereocenters. The molecule has 8 heteroatoms. The Balaban J connectivity index is 0.000000431. The van der Waals surface area contributed by atoms with Crippen LogP contribution in [0.5, 0.6) is 0 Å². The molecule has 1 aliphatic heterocycles. The number of para-hydroxylation sites is 1. The number of likely N-dealkylation sites (tertiary alicyclic amines) is 1. The number of hydrogen-bond donors (Lipinski definition) is 0. The number of carbonyl (C=O) groups excluding carboxylic acids is 1. The van der Waals surface area contributed by atoms with E-state index in [9.17, 15) is 4.79 Å². The predicted octanol–water partition coefficient (Wildman–Crippen LogP) is -1.85. The summed E-state index contributed by atoms with van der Waals surface area (Å²) in [4.78, 5) is 15.0. The first-order chi connectivity index (χ1) is 12.1. The van der Waals surface area contributed by atoms with Gasteiger partial charge in [-0.25, -0.2) is 18.6 Å². The SMILES string of the molecule is Cc1c(C(=O)N2CCCCC2)c(C)[n+](C)c2ccccc12.[O-][Cl+3]([O-])([O-])[O-]. The maximum absolute atomic E-state index is 12.9. The van der Waals surface area contributed by atoms with E-state index in [1.807, 2.05) is 24.1 Å². The van der Waals surface area contributed by atoms with E-state index < -0.39 is 10.2 Å². The van der Waals surface area contributed by atoms with Gasteiger partial charge in [0.05, 0.1) is 5.39 Å². The number of aryl methyl sites for hydroxylation is 2. The zero-order valence-corrected chi connectivity index (χ0v) is 15.9. The number of rotatable bonds is 1. The van der Waals surface area contributed by atoms with E-state index in [1.165, 1.54) is 17.3 Å². The van der Waals surface area contributed by atoms with Gasteiger partial charge in [-0.2, -0.15) is 4.57 Å². The summed E-state index contributed by atoms with van der Waals surface area (Å²) in [5, 5.41) is 1.17. The van der Waals surface area contributed by atoms with Crippen molar-refractivity contribution in [2.24, 2.45) is 7.05 Å². The summed E-state index contributed by atoms with van der Waals surface area (Å²) in [6.45, 7) is 5.92. The van der Waals surface area contributed by atoms with Crippen molar-refractivity contribution >= 4 is 16.8 Å². The number of piperidine rings is 1. The molecule has 2 heterocycles. The van der Waals surface area contributed by atoms with E-state index in [4.69, 9.17) is 18.6 Å². The summed E-state index contributed by atoms with van der Waals surface area (Å²) >= 11 is 0. The molecule has 0 bridgehead atoms. The molecule has 1 aromatic heterocycles. The quantitative estimate of drug-likeness (QED) is 0.537. The number of aromatic nitrogens is 1. The molecule has 1 aromatic carbocycles. The van der Waals surface area contributed by atoms with Crippen LogP contribution in [0.3, 0.4) is 0 Å². The zero-order chi connectivity index (χ0) is 19.5. The number of pyridine rings is 1. The van der Waals surface area contributed by atoms with E-state index in [0.717, 1.165) is 42.8 Å². The summed E-state index contributed by atoms with van der Waals surface area (Å²) in [5.41, 5.74) is 4.24. The van der Waals surface area contributed by atoms with Crippen molar-refractivity contribution in [2.45, 2.75) is 33.1 Å². The van der Waals surface area contributed by atoms with Gasteiger partial charge in [-0.15, -0.1) is 10.2 Å². The van der Waals surface area contributed by atoms with Crippen molar-refractivity contribution in [3.05, 3.63) is 41.1 Å². The first-order valence-corrected chi connectivity index (χ1v) is 9.63. The molecule has 0 unspecified atom stereocenters. The van der Waals surface area contributed by atoms with Crippen molar-refractivity contribution < 1.29 is 38.2 Å². The summed E-state index contributed by atoms with van der Waals surface area (Å²) in [6.07, 6.45) is 3.50. The van der Waals surface area contributed by atoms with Gasteiger partial charge in [0.1, 0.15) is 12.6 Å². The van der Waals surface area contributed by atoms with Gasteiger partial charge >= 0.3 is 0 Å². The highest BCUT2D eigenvalue weighted by molar-refractivity contribution is 6.00. The number of carbonyl (C=O) groups is 1. The molecule has 0 aliphatic carbocycles. The lowest BCUT2D eigenvalue weighted by molar-refractivity contribution is -2.00. The molecule has 0 spiro atoms. The highest BCUT2D eigenvalue weighted by atomic mass is 35.7. The highest BCUT2D eigenvalue weighted by Crippen LogP contribution is 2.23. The summed E-state index contributed by atoms with van der Waals surface area (Å²) in [5.74, 6) is 0.200. The Kier molecular flexibility index (Phi) is 6.54. The van der Waals surface area contributed by atoms with E-state index in [-0.39, 0.29) is 5.91 Å². The molecular formula is C18H23ClN2O5. The molecule has 1 fully saturated rings.